The van der Waals surface area contributed by atoms with Crippen LogP contribution in [0.3, 0.4) is 0 Å². The summed E-state index contributed by atoms with van der Waals surface area (Å²) in [6.45, 7) is 4.71. The number of rotatable bonds is 6. The van der Waals surface area contributed by atoms with E-state index in [1.807, 2.05) is 18.2 Å². The summed E-state index contributed by atoms with van der Waals surface area (Å²) in [5.41, 5.74) is 1.11. The largest absolute Gasteiger partial charge is 0.464 e. The van der Waals surface area contributed by atoms with Crippen LogP contribution in [-0.2, 0) is 14.3 Å². The Morgan fingerprint density at radius 2 is 1.83 bits per heavy atom. The van der Waals surface area contributed by atoms with Crippen LogP contribution in [0.5, 0.6) is 0 Å². The van der Waals surface area contributed by atoms with Crippen molar-refractivity contribution in [3.63, 3.8) is 0 Å². The molecule has 0 radical (unpaired) electrons. The van der Waals surface area contributed by atoms with E-state index in [2.05, 4.69) is 17.0 Å². The molecule has 4 heteroatoms. The van der Waals surface area contributed by atoms with Crippen molar-refractivity contribution < 1.29 is 14.3 Å². The van der Waals surface area contributed by atoms with Crippen LogP contribution in [0.4, 0.5) is 0 Å². The highest BCUT2D eigenvalue weighted by molar-refractivity contribution is 5.78. The molecule has 1 aromatic rings. The molecule has 0 spiro atoms. The number of carbonyl (C=O) groups is 1. The standard InChI is InChI=1S/C20H29NO3/c22-20(24-16-13-21-11-14-23-15-12-21)19(17-7-3-1-4-8-17)18-9-5-2-6-10-18/h1,3-4,7-8,18-19H,2,5-6,9-16H2. The molecule has 0 N–H and O–H groups in total. The number of ether oxygens (including phenoxy) is 2. The minimum Gasteiger partial charge on any atom is -0.464 e. The van der Waals surface area contributed by atoms with Crippen molar-refractivity contribution in [2.45, 2.75) is 38.0 Å². The molecule has 3 rings (SSSR count). The van der Waals surface area contributed by atoms with Crippen molar-refractivity contribution in [1.29, 1.82) is 0 Å². The van der Waals surface area contributed by atoms with Gasteiger partial charge >= 0.3 is 5.97 Å². The van der Waals surface area contributed by atoms with Crippen molar-refractivity contribution in [2.75, 3.05) is 39.5 Å². The van der Waals surface area contributed by atoms with Crippen molar-refractivity contribution >= 4 is 5.97 Å². The van der Waals surface area contributed by atoms with Gasteiger partial charge in [-0.05, 0) is 24.3 Å². The summed E-state index contributed by atoms with van der Waals surface area (Å²) in [6, 6.07) is 10.2. The Labute approximate surface area is 145 Å². The van der Waals surface area contributed by atoms with Gasteiger partial charge in [-0.3, -0.25) is 9.69 Å². The first-order valence-electron chi connectivity index (χ1n) is 9.36. The Bertz CT molecular complexity index is 493. The van der Waals surface area contributed by atoms with Gasteiger partial charge in [0.25, 0.3) is 0 Å². The van der Waals surface area contributed by atoms with E-state index in [1.165, 1.54) is 19.3 Å². The normalized spacial score (nSPS) is 21.3. The number of nitrogens with zero attached hydrogens (tertiary/aromatic N) is 1. The minimum atomic E-state index is -0.101. The maximum Gasteiger partial charge on any atom is 0.313 e. The fourth-order valence-corrected chi connectivity index (χ4v) is 3.92. The quantitative estimate of drug-likeness (QED) is 0.750. The third-order valence-electron chi connectivity index (χ3n) is 5.29. The van der Waals surface area contributed by atoms with Gasteiger partial charge in [-0.25, -0.2) is 0 Å². The van der Waals surface area contributed by atoms with Gasteiger partial charge in [-0.15, -0.1) is 0 Å². The summed E-state index contributed by atoms with van der Waals surface area (Å²) in [4.78, 5) is 15.1. The van der Waals surface area contributed by atoms with Crippen molar-refractivity contribution in [3.8, 4) is 0 Å². The second kappa shape index (κ2) is 9.19. The molecule has 2 aliphatic rings. The fourth-order valence-electron chi connectivity index (χ4n) is 3.92. The van der Waals surface area contributed by atoms with Crippen LogP contribution in [0, 0.1) is 5.92 Å². The molecule has 1 aliphatic heterocycles. The van der Waals surface area contributed by atoms with E-state index in [-0.39, 0.29) is 11.9 Å². The van der Waals surface area contributed by atoms with Crippen LogP contribution in [0.1, 0.15) is 43.6 Å². The zero-order chi connectivity index (χ0) is 16.6. The lowest BCUT2D eigenvalue weighted by molar-refractivity contribution is -0.148. The Morgan fingerprint density at radius 1 is 1.12 bits per heavy atom. The van der Waals surface area contributed by atoms with Gasteiger partial charge in [0.15, 0.2) is 0 Å². The van der Waals surface area contributed by atoms with Crippen molar-refractivity contribution in [3.05, 3.63) is 35.9 Å². The maximum atomic E-state index is 12.8. The highest BCUT2D eigenvalue weighted by Gasteiger charge is 2.32. The molecule has 4 nitrogen and oxygen atoms in total. The Hall–Kier alpha value is -1.39. The molecular formula is C20H29NO3. The minimum absolute atomic E-state index is 0.0404. The highest BCUT2D eigenvalue weighted by atomic mass is 16.5. The van der Waals surface area contributed by atoms with E-state index in [4.69, 9.17) is 9.47 Å². The molecule has 1 atom stereocenters. The highest BCUT2D eigenvalue weighted by Crippen LogP contribution is 2.36. The van der Waals surface area contributed by atoms with Gasteiger partial charge in [-0.2, -0.15) is 0 Å². The third kappa shape index (κ3) is 4.81. The van der Waals surface area contributed by atoms with Gasteiger partial charge in [0.1, 0.15) is 6.61 Å². The monoisotopic (exact) mass is 331 g/mol. The van der Waals surface area contributed by atoms with E-state index in [9.17, 15) is 4.79 Å². The van der Waals surface area contributed by atoms with E-state index in [0.29, 0.717) is 12.5 Å². The molecule has 0 bridgehead atoms. The predicted octanol–water partition coefficient (Wildman–Crippen LogP) is 3.23. The fraction of sp³-hybridized carbons (Fsp3) is 0.650. The lowest BCUT2D eigenvalue weighted by Crippen LogP contribution is -2.39. The lowest BCUT2D eigenvalue weighted by Gasteiger charge is -2.30. The zero-order valence-corrected chi connectivity index (χ0v) is 14.5. The number of carbonyl (C=O) groups excluding carboxylic acids is 1. The summed E-state index contributed by atoms with van der Waals surface area (Å²) in [5, 5.41) is 0. The van der Waals surface area contributed by atoms with Gasteiger partial charge in [0.2, 0.25) is 0 Å². The third-order valence-corrected chi connectivity index (χ3v) is 5.29. The van der Waals surface area contributed by atoms with E-state index < -0.39 is 0 Å². The van der Waals surface area contributed by atoms with Crippen LogP contribution in [0.15, 0.2) is 30.3 Å². The Balaban J connectivity index is 1.58. The molecule has 1 saturated heterocycles. The molecule has 1 unspecified atom stereocenters. The summed E-state index contributed by atoms with van der Waals surface area (Å²) in [5.74, 6) is 0.287. The van der Waals surface area contributed by atoms with E-state index in [0.717, 1.165) is 51.3 Å². The Kier molecular flexibility index (Phi) is 6.67. The second-order valence-electron chi connectivity index (χ2n) is 6.91. The average Bonchev–Trinajstić information content (AvgIpc) is 2.65. The maximum absolute atomic E-state index is 12.8. The van der Waals surface area contributed by atoms with E-state index in [1.54, 1.807) is 0 Å². The SMILES string of the molecule is O=C(OCCN1CCOCC1)C(c1ccccc1)C1CCCCC1. The number of esters is 1. The topological polar surface area (TPSA) is 38.8 Å². The number of morpholine rings is 1. The van der Waals surface area contributed by atoms with Crippen LogP contribution >= 0.6 is 0 Å². The smallest absolute Gasteiger partial charge is 0.313 e. The molecule has 132 valence electrons. The van der Waals surface area contributed by atoms with Crippen LogP contribution in [0.25, 0.3) is 0 Å². The number of hydrogen-bond donors (Lipinski definition) is 0. The molecule has 1 aliphatic carbocycles. The molecule has 0 amide bonds. The van der Waals surface area contributed by atoms with Gasteiger partial charge in [0, 0.05) is 19.6 Å². The first-order valence-corrected chi connectivity index (χ1v) is 9.36. The average molecular weight is 331 g/mol. The first kappa shape index (κ1) is 17.4. The van der Waals surface area contributed by atoms with E-state index >= 15 is 0 Å². The van der Waals surface area contributed by atoms with Crippen molar-refractivity contribution in [1.82, 2.24) is 4.90 Å². The Morgan fingerprint density at radius 3 is 2.54 bits per heavy atom. The van der Waals surface area contributed by atoms with Gasteiger partial charge in [0.05, 0.1) is 19.1 Å². The van der Waals surface area contributed by atoms with Gasteiger partial charge < -0.3 is 9.47 Å². The molecule has 2 fully saturated rings. The summed E-state index contributed by atoms with van der Waals surface area (Å²) in [7, 11) is 0. The second-order valence-corrected chi connectivity index (χ2v) is 6.91. The molecular weight excluding hydrogens is 302 g/mol. The summed E-state index contributed by atoms with van der Waals surface area (Å²) >= 11 is 0. The lowest BCUT2D eigenvalue weighted by atomic mass is 9.77. The van der Waals surface area contributed by atoms with Crippen LogP contribution in [0.2, 0.25) is 0 Å². The predicted molar refractivity (Wildman–Crippen MR) is 94.0 cm³/mol. The van der Waals surface area contributed by atoms with Crippen molar-refractivity contribution in [2.24, 2.45) is 5.92 Å². The van der Waals surface area contributed by atoms with Crippen LogP contribution in [-0.4, -0.2) is 50.3 Å². The zero-order valence-electron chi connectivity index (χ0n) is 14.5. The van der Waals surface area contributed by atoms with Crippen LogP contribution < -0.4 is 0 Å². The summed E-state index contributed by atoms with van der Waals surface area (Å²) in [6.07, 6.45) is 6.03. The molecule has 1 saturated carbocycles. The molecule has 24 heavy (non-hydrogen) atoms. The number of benzene rings is 1. The first-order chi connectivity index (χ1) is 11.8. The van der Waals surface area contributed by atoms with Gasteiger partial charge in [-0.1, -0.05) is 49.6 Å². The molecule has 1 aromatic carbocycles. The molecule has 0 aromatic heterocycles. The molecule has 1 heterocycles. The summed E-state index contributed by atoms with van der Waals surface area (Å²) < 4.78 is 11.0. The number of hydrogen-bond acceptors (Lipinski definition) is 4.